The SMILES string of the molecule is Cc1cccc(C(=O)O)c1NC(=O)CC1CC1. The van der Waals surface area contributed by atoms with Gasteiger partial charge in [-0.05, 0) is 37.3 Å². The Morgan fingerprint density at radius 2 is 2.12 bits per heavy atom. The molecule has 4 heteroatoms. The van der Waals surface area contributed by atoms with Crippen LogP contribution in [0.4, 0.5) is 5.69 Å². The number of hydrogen-bond donors (Lipinski definition) is 2. The molecule has 1 fully saturated rings. The number of carboxylic acid groups (broad SMARTS) is 1. The molecule has 0 bridgehead atoms. The summed E-state index contributed by atoms with van der Waals surface area (Å²) in [5, 5.41) is 11.8. The van der Waals surface area contributed by atoms with Gasteiger partial charge >= 0.3 is 5.97 Å². The zero-order valence-corrected chi connectivity index (χ0v) is 9.69. The first-order valence-corrected chi connectivity index (χ1v) is 5.70. The van der Waals surface area contributed by atoms with E-state index in [1.54, 1.807) is 19.1 Å². The van der Waals surface area contributed by atoms with E-state index in [0.717, 1.165) is 18.4 Å². The quantitative estimate of drug-likeness (QED) is 0.839. The number of benzene rings is 1. The van der Waals surface area contributed by atoms with Gasteiger partial charge in [-0.3, -0.25) is 4.79 Å². The second kappa shape index (κ2) is 4.57. The number of nitrogens with one attached hydrogen (secondary N) is 1. The van der Waals surface area contributed by atoms with Crippen molar-refractivity contribution < 1.29 is 14.7 Å². The largest absolute Gasteiger partial charge is 0.478 e. The summed E-state index contributed by atoms with van der Waals surface area (Å²) in [6.45, 7) is 1.79. The maximum Gasteiger partial charge on any atom is 0.337 e. The zero-order valence-electron chi connectivity index (χ0n) is 9.69. The van der Waals surface area contributed by atoms with Crippen molar-refractivity contribution in [3.05, 3.63) is 29.3 Å². The number of aromatic carboxylic acids is 1. The molecule has 2 rings (SSSR count). The number of hydrogen-bond acceptors (Lipinski definition) is 2. The molecule has 0 unspecified atom stereocenters. The first-order valence-electron chi connectivity index (χ1n) is 5.70. The van der Waals surface area contributed by atoms with Crippen LogP contribution in [0, 0.1) is 12.8 Å². The van der Waals surface area contributed by atoms with Crippen molar-refractivity contribution >= 4 is 17.6 Å². The van der Waals surface area contributed by atoms with Gasteiger partial charge in [0.05, 0.1) is 11.3 Å². The highest BCUT2D eigenvalue weighted by molar-refractivity contribution is 6.01. The Hall–Kier alpha value is -1.84. The molecular weight excluding hydrogens is 218 g/mol. The molecule has 17 heavy (non-hydrogen) atoms. The van der Waals surface area contributed by atoms with Gasteiger partial charge in [0.15, 0.2) is 0 Å². The molecule has 1 aliphatic carbocycles. The third-order valence-electron chi connectivity index (χ3n) is 2.94. The molecule has 1 aliphatic rings. The minimum absolute atomic E-state index is 0.0932. The van der Waals surface area contributed by atoms with E-state index in [9.17, 15) is 9.59 Å². The van der Waals surface area contributed by atoms with Crippen molar-refractivity contribution in [1.82, 2.24) is 0 Å². The molecule has 90 valence electrons. The average Bonchev–Trinajstić information content (AvgIpc) is 3.04. The number of carbonyl (C=O) groups excluding carboxylic acids is 1. The summed E-state index contributed by atoms with van der Waals surface area (Å²) >= 11 is 0. The van der Waals surface area contributed by atoms with Crippen LogP contribution in [0.1, 0.15) is 35.2 Å². The lowest BCUT2D eigenvalue weighted by Crippen LogP contribution is -2.16. The Morgan fingerprint density at radius 1 is 1.41 bits per heavy atom. The van der Waals surface area contributed by atoms with Crippen LogP contribution in [-0.2, 0) is 4.79 Å². The Kier molecular flexibility index (Phi) is 3.13. The van der Waals surface area contributed by atoms with Gasteiger partial charge in [-0.2, -0.15) is 0 Å². The van der Waals surface area contributed by atoms with Crippen molar-refractivity contribution in [2.45, 2.75) is 26.2 Å². The van der Waals surface area contributed by atoms with Crippen LogP contribution in [0.5, 0.6) is 0 Å². The third kappa shape index (κ3) is 2.84. The molecule has 0 atom stereocenters. The van der Waals surface area contributed by atoms with Gasteiger partial charge in [0.25, 0.3) is 0 Å². The highest BCUT2D eigenvalue weighted by Crippen LogP contribution is 2.33. The monoisotopic (exact) mass is 233 g/mol. The number of anilines is 1. The standard InChI is InChI=1S/C13H15NO3/c1-8-3-2-4-10(13(16)17)12(8)14-11(15)7-9-5-6-9/h2-4,9H,5-7H2,1H3,(H,14,15)(H,16,17). The van der Waals surface area contributed by atoms with Gasteiger partial charge in [-0.25, -0.2) is 4.79 Å². The second-order valence-corrected chi connectivity index (χ2v) is 4.50. The lowest BCUT2D eigenvalue weighted by molar-refractivity contribution is -0.116. The summed E-state index contributed by atoms with van der Waals surface area (Å²) in [4.78, 5) is 22.7. The number of para-hydroxylation sites is 1. The van der Waals surface area contributed by atoms with Crippen LogP contribution in [0.3, 0.4) is 0 Å². The van der Waals surface area contributed by atoms with E-state index in [4.69, 9.17) is 5.11 Å². The number of aryl methyl sites for hydroxylation is 1. The molecule has 0 aromatic heterocycles. The Balaban J connectivity index is 2.17. The molecule has 0 saturated heterocycles. The molecule has 0 spiro atoms. The third-order valence-corrected chi connectivity index (χ3v) is 2.94. The number of rotatable bonds is 4. The molecule has 0 radical (unpaired) electrons. The van der Waals surface area contributed by atoms with Crippen LogP contribution in [-0.4, -0.2) is 17.0 Å². The molecule has 2 N–H and O–H groups in total. The highest BCUT2D eigenvalue weighted by Gasteiger charge is 2.25. The summed E-state index contributed by atoms with van der Waals surface area (Å²) in [6.07, 6.45) is 2.70. The number of carboxylic acids is 1. The molecule has 0 aliphatic heterocycles. The van der Waals surface area contributed by atoms with Crippen molar-refractivity contribution in [2.24, 2.45) is 5.92 Å². The van der Waals surface area contributed by atoms with Gasteiger partial charge in [-0.1, -0.05) is 12.1 Å². The van der Waals surface area contributed by atoms with Gasteiger partial charge < -0.3 is 10.4 Å². The summed E-state index contributed by atoms with van der Waals surface area (Å²) in [7, 11) is 0. The maximum absolute atomic E-state index is 11.7. The molecule has 1 amide bonds. The van der Waals surface area contributed by atoms with E-state index in [1.165, 1.54) is 6.07 Å². The minimum Gasteiger partial charge on any atom is -0.478 e. The van der Waals surface area contributed by atoms with E-state index in [0.29, 0.717) is 18.0 Å². The Bertz CT molecular complexity index is 464. The Labute approximate surface area is 99.6 Å². The first-order chi connectivity index (χ1) is 8.08. The summed E-state index contributed by atoms with van der Waals surface area (Å²) in [5.41, 5.74) is 1.34. The molecular formula is C13H15NO3. The summed E-state index contributed by atoms with van der Waals surface area (Å²) in [6, 6.07) is 4.97. The maximum atomic E-state index is 11.7. The lowest BCUT2D eigenvalue weighted by atomic mass is 10.1. The van der Waals surface area contributed by atoms with Crippen LogP contribution < -0.4 is 5.32 Å². The van der Waals surface area contributed by atoms with E-state index in [1.807, 2.05) is 0 Å². The predicted molar refractivity (Wildman–Crippen MR) is 64.1 cm³/mol. The normalized spacial score (nSPS) is 14.4. The van der Waals surface area contributed by atoms with Crippen LogP contribution in [0.15, 0.2) is 18.2 Å². The van der Waals surface area contributed by atoms with Crippen LogP contribution >= 0.6 is 0 Å². The van der Waals surface area contributed by atoms with E-state index in [2.05, 4.69) is 5.32 Å². The predicted octanol–water partition coefficient (Wildman–Crippen LogP) is 2.43. The average molecular weight is 233 g/mol. The molecule has 1 aromatic rings. The van der Waals surface area contributed by atoms with Crippen molar-refractivity contribution in [3.63, 3.8) is 0 Å². The molecule has 1 aromatic carbocycles. The van der Waals surface area contributed by atoms with Crippen molar-refractivity contribution in [1.29, 1.82) is 0 Å². The number of carbonyl (C=O) groups is 2. The second-order valence-electron chi connectivity index (χ2n) is 4.50. The van der Waals surface area contributed by atoms with Gasteiger partial charge in [0, 0.05) is 6.42 Å². The molecule has 0 heterocycles. The summed E-state index contributed by atoms with van der Waals surface area (Å²) in [5.74, 6) is -0.619. The van der Waals surface area contributed by atoms with Crippen LogP contribution in [0.25, 0.3) is 0 Å². The minimum atomic E-state index is -1.02. The first kappa shape index (κ1) is 11.6. The fraction of sp³-hybridized carbons (Fsp3) is 0.385. The highest BCUT2D eigenvalue weighted by atomic mass is 16.4. The molecule has 4 nitrogen and oxygen atoms in total. The number of amides is 1. The van der Waals surface area contributed by atoms with E-state index in [-0.39, 0.29) is 11.5 Å². The molecule has 1 saturated carbocycles. The van der Waals surface area contributed by atoms with E-state index < -0.39 is 5.97 Å². The van der Waals surface area contributed by atoms with Gasteiger partial charge in [0.1, 0.15) is 0 Å². The topological polar surface area (TPSA) is 66.4 Å². The van der Waals surface area contributed by atoms with Crippen molar-refractivity contribution in [3.8, 4) is 0 Å². The van der Waals surface area contributed by atoms with Crippen LogP contribution in [0.2, 0.25) is 0 Å². The van der Waals surface area contributed by atoms with Gasteiger partial charge in [-0.15, -0.1) is 0 Å². The lowest BCUT2D eigenvalue weighted by Gasteiger charge is -2.11. The van der Waals surface area contributed by atoms with Crippen molar-refractivity contribution in [2.75, 3.05) is 5.32 Å². The zero-order chi connectivity index (χ0) is 12.4. The summed E-state index contributed by atoms with van der Waals surface area (Å²) < 4.78 is 0. The Morgan fingerprint density at radius 3 is 2.71 bits per heavy atom. The van der Waals surface area contributed by atoms with E-state index >= 15 is 0 Å². The smallest absolute Gasteiger partial charge is 0.337 e. The van der Waals surface area contributed by atoms with Gasteiger partial charge in [0.2, 0.25) is 5.91 Å². The fourth-order valence-corrected chi connectivity index (χ4v) is 1.79. The fourth-order valence-electron chi connectivity index (χ4n) is 1.79.